The number of pyridine rings is 1. The lowest BCUT2D eigenvalue weighted by molar-refractivity contribution is -0.138. The maximum Gasteiger partial charge on any atom is 0.323 e. The van der Waals surface area contributed by atoms with Gasteiger partial charge in [0.05, 0.1) is 23.0 Å². The van der Waals surface area contributed by atoms with Gasteiger partial charge < -0.3 is 10.0 Å². The Hall–Kier alpha value is -3.99. The number of hydrogen-bond donors (Lipinski definition) is 1. The van der Waals surface area contributed by atoms with E-state index in [1.807, 2.05) is 12.1 Å². The Morgan fingerprint density at radius 3 is 2.58 bits per heavy atom. The number of aromatic nitrogens is 3. The molecule has 3 aromatic rings. The molecule has 2 heterocycles. The van der Waals surface area contributed by atoms with Crippen molar-refractivity contribution in [3.8, 4) is 23.0 Å². The van der Waals surface area contributed by atoms with Crippen LogP contribution in [0.3, 0.4) is 0 Å². The van der Waals surface area contributed by atoms with Crippen molar-refractivity contribution in [2.75, 3.05) is 6.54 Å². The first-order valence-corrected chi connectivity index (χ1v) is 10.1. The van der Waals surface area contributed by atoms with Crippen LogP contribution >= 0.6 is 0 Å². The van der Waals surface area contributed by atoms with E-state index >= 15 is 0 Å². The van der Waals surface area contributed by atoms with Crippen LogP contribution in [0.2, 0.25) is 0 Å². The molecule has 1 aromatic carbocycles. The van der Waals surface area contributed by atoms with Crippen molar-refractivity contribution in [3.05, 3.63) is 66.1 Å². The lowest BCUT2D eigenvalue weighted by atomic mass is 10.1. The number of benzene rings is 1. The summed E-state index contributed by atoms with van der Waals surface area (Å²) in [6.07, 6.45) is 6.84. The van der Waals surface area contributed by atoms with Crippen LogP contribution in [0, 0.1) is 11.3 Å². The Morgan fingerprint density at radius 1 is 1.16 bits per heavy atom. The average Bonchev–Trinajstić information content (AvgIpc) is 3.48. The zero-order valence-corrected chi connectivity index (χ0v) is 16.8. The smallest absolute Gasteiger partial charge is 0.323 e. The van der Waals surface area contributed by atoms with E-state index in [4.69, 9.17) is 0 Å². The third-order valence-electron chi connectivity index (χ3n) is 5.46. The highest BCUT2D eigenvalue weighted by Gasteiger charge is 2.31. The lowest BCUT2D eigenvalue weighted by Crippen LogP contribution is -2.42. The predicted octanol–water partition coefficient (Wildman–Crippen LogP) is 3.28. The van der Waals surface area contributed by atoms with Gasteiger partial charge in [-0.25, -0.2) is 4.68 Å². The topological polar surface area (TPSA) is 112 Å². The Balaban J connectivity index is 1.79. The molecule has 1 N–H and O–H groups in total. The van der Waals surface area contributed by atoms with Crippen LogP contribution in [0.15, 0.2) is 54.9 Å². The van der Waals surface area contributed by atoms with Gasteiger partial charge in [0.2, 0.25) is 0 Å². The fourth-order valence-electron chi connectivity index (χ4n) is 3.99. The Labute approximate surface area is 179 Å². The van der Waals surface area contributed by atoms with Crippen molar-refractivity contribution in [1.29, 1.82) is 5.26 Å². The number of carboxylic acid groups (broad SMARTS) is 1. The van der Waals surface area contributed by atoms with Gasteiger partial charge in [-0.15, -0.1) is 0 Å². The molecule has 0 radical (unpaired) electrons. The molecule has 1 aliphatic rings. The van der Waals surface area contributed by atoms with Crippen LogP contribution in [0.4, 0.5) is 0 Å². The Bertz CT molecular complexity index is 1140. The number of carbonyl (C=O) groups excluding carboxylic acids is 1. The number of nitrogens with zero attached hydrogens (tertiary/aromatic N) is 5. The van der Waals surface area contributed by atoms with E-state index < -0.39 is 11.9 Å². The zero-order valence-electron chi connectivity index (χ0n) is 16.8. The molecule has 1 aliphatic carbocycles. The third-order valence-corrected chi connectivity index (χ3v) is 5.46. The van der Waals surface area contributed by atoms with Crippen LogP contribution < -0.4 is 0 Å². The van der Waals surface area contributed by atoms with Crippen LogP contribution in [0.25, 0.3) is 16.9 Å². The number of carboxylic acids is 1. The van der Waals surface area contributed by atoms with Crippen molar-refractivity contribution < 1.29 is 14.7 Å². The second kappa shape index (κ2) is 8.79. The zero-order chi connectivity index (χ0) is 21.8. The second-order valence-corrected chi connectivity index (χ2v) is 7.49. The summed E-state index contributed by atoms with van der Waals surface area (Å²) < 4.78 is 1.61. The molecular weight excluding hydrogens is 394 g/mol. The van der Waals surface area contributed by atoms with E-state index in [2.05, 4.69) is 16.2 Å². The van der Waals surface area contributed by atoms with E-state index in [0.717, 1.165) is 31.2 Å². The highest BCUT2D eigenvalue weighted by Crippen LogP contribution is 2.28. The quantitative estimate of drug-likeness (QED) is 0.661. The molecule has 2 aromatic heterocycles. The minimum absolute atomic E-state index is 0.0972. The minimum Gasteiger partial charge on any atom is -0.480 e. The summed E-state index contributed by atoms with van der Waals surface area (Å²) in [6.45, 7) is -0.356. The van der Waals surface area contributed by atoms with Crippen molar-refractivity contribution >= 4 is 11.9 Å². The van der Waals surface area contributed by atoms with Gasteiger partial charge in [-0.1, -0.05) is 18.9 Å². The number of amides is 1. The summed E-state index contributed by atoms with van der Waals surface area (Å²) >= 11 is 0. The van der Waals surface area contributed by atoms with Crippen molar-refractivity contribution in [3.63, 3.8) is 0 Å². The Kier molecular flexibility index (Phi) is 5.76. The monoisotopic (exact) mass is 415 g/mol. The van der Waals surface area contributed by atoms with Gasteiger partial charge in [0, 0.05) is 24.0 Å². The van der Waals surface area contributed by atoms with Crippen molar-refractivity contribution in [2.45, 2.75) is 31.7 Å². The third kappa shape index (κ3) is 4.31. The van der Waals surface area contributed by atoms with Gasteiger partial charge in [0.1, 0.15) is 6.54 Å². The van der Waals surface area contributed by atoms with Crippen LogP contribution in [-0.4, -0.2) is 49.2 Å². The number of hydrogen-bond acceptors (Lipinski definition) is 5. The van der Waals surface area contributed by atoms with E-state index in [0.29, 0.717) is 16.9 Å². The average molecular weight is 415 g/mol. The molecule has 8 nitrogen and oxygen atoms in total. The molecule has 8 heteroatoms. The molecule has 0 saturated heterocycles. The van der Waals surface area contributed by atoms with Crippen LogP contribution in [-0.2, 0) is 4.79 Å². The number of aliphatic carboxylic acids is 1. The van der Waals surface area contributed by atoms with E-state index in [9.17, 15) is 20.0 Å². The second-order valence-electron chi connectivity index (χ2n) is 7.49. The van der Waals surface area contributed by atoms with Gasteiger partial charge in [0.25, 0.3) is 5.91 Å². The standard InChI is InChI=1S/C23H21N5O3/c24-14-16-4-3-7-19(12-16)28-21(17-8-10-25-11-9-17)13-20(26-28)23(31)27(15-22(29)30)18-5-1-2-6-18/h3-4,7-13,18H,1-2,5-6,15H2,(H,29,30). The molecule has 0 unspecified atom stereocenters. The SMILES string of the molecule is N#Cc1cccc(-n2nc(C(=O)N(CC(=O)O)C3CCCC3)cc2-c2ccncc2)c1. The molecule has 0 bridgehead atoms. The molecule has 1 amide bonds. The first-order valence-electron chi connectivity index (χ1n) is 10.1. The van der Waals surface area contributed by atoms with Gasteiger partial charge in [-0.05, 0) is 49.2 Å². The number of rotatable bonds is 6. The van der Waals surface area contributed by atoms with Gasteiger partial charge in [-0.2, -0.15) is 10.4 Å². The summed E-state index contributed by atoms with van der Waals surface area (Å²) in [7, 11) is 0. The van der Waals surface area contributed by atoms with Crippen molar-refractivity contribution in [1.82, 2.24) is 19.7 Å². The van der Waals surface area contributed by atoms with E-state index in [-0.39, 0.29) is 18.3 Å². The number of nitriles is 1. The first-order chi connectivity index (χ1) is 15.1. The lowest BCUT2D eigenvalue weighted by Gasteiger charge is -2.26. The van der Waals surface area contributed by atoms with Gasteiger partial charge in [0.15, 0.2) is 5.69 Å². The largest absolute Gasteiger partial charge is 0.480 e. The summed E-state index contributed by atoms with van der Waals surface area (Å²) in [5, 5.41) is 23.2. The summed E-state index contributed by atoms with van der Waals surface area (Å²) in [5.41, 5.74) is 2.73. The maximum absolute atomic E-state index is 13.3. The molecular formula is C23H21N5O3. The number of carbonyl (C=O) groups is 2. The van der Waals surface area contributed by atoms with Crippen LogP contribution in [0.5, 0.6) is 0 Å². The summed E-state index contributed by atoms with van der Waals surface area (Å²) in [4.78, 5) is 30.2. The highest BCUT2D eigenvalue weighted by atomic mass is 16.4. The normalized spacial score (nSPS) is 13.6. The molecule has 156 valence electrons. The van der Waals surface area contributed by atoms with Gasteiger partial charge >= 0.3 is 5.97 Å². The molecule has 1 saturated carbocycles. The molecule has 0 atom stereocenters. The fourth-order valence-corrected chi connectivity index (χ4v) is 3.99. The molecule has 1 fully saturated rings. The minimum atomic E-state index is -1.05. The summed E-state index contributed by atoms with van der Waals surface area (Å²) in [5.74, 6) is -1.45. The predicted molar refractivity (Wildman–Crippen MR) is 112 cm³/mol. The van der Waals surface area contributed by atoms with E-state index in [1.54, 1.807) is 47.4 Å². The highest BCUT2D eigenvalue weighted by molar-refractivity contribution is 5.95. The van der Waals surface area contributed by atoms with E-state index in [1.165, 1.54) is 4.90 Å². The molecule has 4 rings (SSSR count). The fraction of sp³-hybridized carbons (Fsp3) is 0.261. The van der Waals surface area contributed by atoms with Crippen LogP contribution in [0.1, 0.15) is 41.7 Å². The summed E-state index contributed by atoms with van der Waals surface area (Å²) in [6, 6.07) is 14.2. The van der Waals surface area contributed by atoms with Gasteiger partial charge in [-0.3, -0.25) is 14.6 Å². The molecule has 31 heavy (non-hydrogen) atoms. The molecule has 0 spiro atoms. The first kappa shape index (κ1) is 20.3. The molecule has 0 aliphatic heterocycles. The maximum atomic E-state index is 13.3. The van der Waals surface area contributed by atoms with Crippen molar-refractivity contribution in [2.24, 2.45) is 0 Å². The Morgan fingerprint density at radius 2 is 1.90 bits per heavy atom.